The molecular weight excluding hydrogens is 527 g/mol. The molecule has 2 bridgehead atoms. The Balaban J connectivity index is 1.40. The van der Waals surface area contributed by atoms with Gasteiger partial charge < -0.3 is 25.2 Å². The number of methoxy groups -OCH3 is 1. The van der Waals surface area contributed by atoms with Crippen molar-refractivity contribution in [2.75, 3.05) is 26.7 Å². The van der Waals surface area contributed by atoms with Crippen molar-refractivity contribution < 1.29 is 28.3 Å². The van der Waals surface area contributed by atoms with Gasteiger partial charge in [-0.1, -0.05) is 30.3 Å². The molecular formula is C31H37FN4O5. The maximum Gasteiger partial charge on any atom is 0.253 e. The minimum absolute atomic E-state index is 0.00324. The first kappa shape index (κ1) is 28.6. The van der Waals surface area contributed by atoms with Gasteiger partial charge in [0.2, 0.25) is 17.7 Å². The highest BCUT2D eigenvalue weighted by atomic mass is 19.1. The van der Waals surface area contributed by atoms with Gasteiger partial charge in [0.05, 0.1) is 7.11 Å². The number of likely N-dealkylation sites (tertiary alicyclic amines) is 1. The van der Waals surface area contributed by atoms with E-state index in [0.29, 0.717) is 38.9 Å². The molecule has 2 N–H and O–H groups in total. The lowest BCUT2D eigenvalue weighted by molar-refractivity contribution is -0.145. The molecule has 0 unspecified atom stereocenters. The molecule has 3 fully saturated rings. The molecule has 41 heavy (non-hydrogen) atoms. The summed E-state index contributed by atoms with van der Waals surface area (Å²) in [4.78, 5) is 56.8. The average Bonchev–Trinajstić information content (AvgIpc) is 2.96. The Labute approximate surface area is 239 Å². The molecule has 3 heterocycles. The van der Waals surface area contributed by atoms with E-state index in [9.17, 15) is 23.6 Å². The molecule has 2 aromatic rings. The van der Waals surface area contributed by atoms with Crippen molar-refractivity contribution in [1.29, 1.82) is 0 Å². The molecule has 10 heteroatoms. The van der Waals surface area contributed by atoms with Crippen LogP contribution in [0.4, 0.5) is 4.39 Å². The third-order valence-electron chi connectivity index (χ3n) is 8.51. The Bertz CT molecular complexity index is 1300. The number of benzene rings is 2. The number of carbonyl (C=O) groups is 4. The number of nitrogens with one attached hydrogen (secondary N) is 2. The zero-order valence-corrected chi connectivity index (χ0v) is 23.5. The number of amides is 4. The van der Waals surface area contributed by atoms with Crippen molar-refractivity contribution in [3.05, 3.63) is 65.5 Å². The second-order valence-electron chi connectivity index (χ2n) is 11.4. The SMILES string of the molecule is COc1ccc(C(=O)N2C[C@@H]3C[C@H](C2)[C@@H]2CCCC(=O)N[C@H](C)C(=O)N[C@@H](Cc4ccccc4)C(=O)N2C3)cc1F. The topological polar surface area (TPSA) is 108 Å². The fourth-order valence-electron chi connectivity index (χ4n) is 6.52. The Morgan fingerprint density at radius 1 is 1.05 bits per heavy atom. The van der Waals surface area contributed by atoms with Crippen LogP contribution < -0.4 is 15.4 Å². The van der Waals surface area contributed by atoms with E-state index in [1.165, 1.54) is 19.2 Å². The molecule has 9 nitrogen and oxygen atoms in total. The van der Waals surface area contributed by atoms with Crippen LogP contribution in [0.5, 0.6) is 5.75 Å². The van der Waals surface area contributed by atoms with Crippen LogP contribution in [0, 0.1) is 17.7 Å². The van der Waals surface area contributed by atoms with Gasteiger partial charge >= 0.3 is 0 Å². The van der Waals surface area contributed by atoms with E-state index in [4.69, 9.17) is 4.74 Å². The first-order valence-corrected chi connectivity index (χ1v) is 14.3. The van der Waals surface area contributed by atoms with Gasteiger partial charge in [0.1, 0.15) is 12.1 Å². The maximum atomic E-state index is 14.4. The number of hydrogen-bond donors (Lipinski definition) is 2. The van der Waals surface area contributed by atoms with Crippen LogP contribution >= 0.6 is 0 Å². The maximum absolute atomic E-state index is 14.4. The normalized spacial score (nSPS) is 27.1. The lowest BCUT2D eigenvalue weighted by atomic mass is 9.77. The van der Waals surface area contributed by atoms with Gasteiger partial charge in [-0.05, 0) is 61.8 Å². The van der Waals surface area contributed by atoms with Crippen LogP contribution in [0.2, 0.25) is 0 Å². The number of rotatable bonds is 4. The predicted octanol–water partition coefficient (Wildman–Crippen LogP) is 2.54. The number of fused-ring (bicyclic) bond motifs is 4. The van der Waals surface area contributed by atoms with E-state index < -0.39 is 23.8 Å². The number of halogens is 1. The highest BCUT2D eigenvalue weighted by Gasteiger charge is 2.45. The van der Waals surface area contributed by atoms with Crippen LogP contribution in [-0.2, 0) is 20.8 Å². The van der Waals surface area contributed by atoms with Gasteiger partial charge in [-0.3, -0.25) is 19.2 Å². The quantitative estimate of drug-likeness (QED) is 0.594. The molecule has 218 valence electrons. The van der Waals surface area contributed by atoms with Crippen LogP contribution in [0.3, 0.4) is 0 Å². The lowest BCUT2D eigenvalue weighted by Crippen LogP contribution is -2.63. The summed E-state index contributed by atoms with van der Waals surface area (Å²) in [6.45, 7) is 2.95. The fraction of sp³-hybridized carbons (Fsp3) is 0.484. The van der Waals surface area contributed by atoms with Crippen molar-refractivity contribution in [2.45, 2.75) is 57.2 Å². The van der Waals surface area contributed by atoms with Gasteiger partial charge in [0.15, 0.2) is 11.6 Å². The summed E-state index contributed by atoms with van der Waals surface area (Å²) in [6, 6.07) is 12.0. The molecule has 5 atom stereocenters. The summed E-state index contributed by atoms with van der Waals surface area (Å²) in [5, 5.41) is 5.66. The summed E-state index contributed by atoms with van der Waals surface area (Å²) in [5.74, 6) is -1.47. The third kappa shape index (κ3) is 6.36. The summed E-state index contributed by atoms with van der Waals surface area (Å²) < 4.78 is 19.4. The first-order valence-electron chi connectivity index (χ1n) is 14.3. The zero-order chi connectivity index (χ0) is 29.1. The first-order chi connectivity index (χ1) is 19.7. The molecule has 3 saturated heterocycles. The second kappa shape index (κ2) is 12.3. The van der Waals surface area contributed by atoms with Gasteiger partial charge in [-0.25, -0.2) is 4.39 Å². The van der Waals surface area contributed by atoms with E-state index in [1.807, 2.05) is 35.2 Å². The molecule has 0 radical (unpaired) electrons. The highest BCUT2D eigenvalue weighted by molar-refractivity contribution is 5.95. The fourth-order valence-corrected chi connectivity index (χ4v) is 6.52. The van der Waals surface area contributed by atoms with Crippen molar-refractivity contribution >= 4 is 23.6 Å². The van der Waals surface area contributed by atoms with E-state index in [1.54, 1.807) is 17.9 Å². The predicted molar refractivity (Wildman–Crippen MR) is 149 cm³/mol. The van der Waals surface area contributed by atoms with E-state index in [-0.39, 0.29) is 53.3 Å². The third-order valence-corrected chi connectivity index (χ3v) is 8.51. The number of hydrogen-bond acceptors (Lipinski definition) is 5. The number of piperidine rings is 2. The van der Waals surface area contributed by atoms with E-state index in [0.717, 1.165) is 12.0 Å². The molecule has 0 aliphatic carbocycles. The molecule has 3 aliphatic rings. The van der Waals surface area contributed by atoms with Crippen LogP contribution in [0.25, 0.3) is 0 Å². The second-order valence-corrected chi connectivity index (χ2v) is 11.4. The molecule has 0 saturated carbocycles. The van der Waals surface area contributed by atoms with Gasteiger partial charge in [0, 0.05) is 44.1 Å². The number of carbonyl (C=O) groups excluding carboxylic acids is 4. The summed E-state index contributed by atoms with van der Waals surface area (Å²) in [7, 11) is 1.38. The van der Waals surface area contributed by atoms with Crippen molar-refractivity contribution in [2.24, 2.45) is 11.8 Å². The average molecular weight is 565 g/mol. The van der Waals surface area contributed by atoms with Gasteiger partial charge in [-0.15, -0.1) is 0 Å². The summed E-state index contributed by atoms with van der Waals surface area (Å²) in [5.41, 5.74) is 1.18. The Kier molecular flexibility index (Phi) is 8.56. The van der Waals surface area contributed by atoms with Gasteiger partial charge in [-0.2, -0.15) is 0 Å². The Hall–Kier alpha value is -3.95. The summed E-state index contributed by atoms with van der Waals surface area (Å²) in [6.07, 6.45) is 2.59. The Morgan fingerprint density at radius 3 is 2.56 bits per heavy atom. The molecule has 2 aromatic carbocycles. The van der Waals surface area contributed by atoms with E-state index >= 15 is 0 Å². The molecule has 5 rings (SSSR count). The minimum Gasteiger partial charge on any atom is -0.494 e. The van der Waals surface area contributed by atoms with Crippen molar-refractivity contribution in [1.82, 2.24) is 20.4 Å². The molecule has 0 spiro atoms. The molecule has 0 aromatic heterocycles. The van der Waals surface area contributed by atoms with Gasteiger partial charge in [0.25, 0.3) is 5.91 Å². The van der Waals surface area contributed by atoms with Crippen molar-refractivity contribution in [3.63, 3.8) is 0 Å². The van der Waals surface area contributed by atoms with E-state index in [2.05, 4.69) is 10.6 Å². The highest BCUT2D eigenvalue weighted by Crippen LogP contribution is 2.37. The number of ether oxygens (including phenoxy) is 1. The zero-order valence-electron chi connectivity index (χ0n) is 23.5. The standard InChI is InChI=1S/C31H37FN4O5/c1-19-29(38)34-25(14-20-7-4-3-5-8-20)31(40)36-17-21-13-23(26(36)9-6-10-28(37)33-19)18-35(16-21)30(39)22-11-12-27(41-2)24(32)15-22/h3-5,7-8,11-12,15,19,21,23,25-26H,6,9-10,13-14,16-18H2,1-2H3,(H,33,37)(H,34,38)/t19-,21+,23-,25+,26+/m1/s1. The smallest absolute Gasteiger partial charge is 0.253 e. The Morgan fingerprint density at radius 2 is 1.83 bits per heavy atom. The minimum atomic E-state index is -0.787. The molecule has 3 aliphatic heterocycles. The summed E-state index contributed by atoms with van der Waals surface area (Å²) >= 11 is 0. The van der Waals surface area contributed by atoms with Crippen molar-refractivity contribution in [3.8, 4) is 5.75 Å². The monoisotopic (exact) mass is 564 g/mol. The van der Waals surface area contributed by atoms with Crippen LogP contribution in [0.15, 0.2) is 48.5 Å². The lowest BCUT2D eigenvalue weighted by Gasteiger charge is -2.51. The largest absolute Gasteiger partial charge is 0.494 e. The number of nitrogens with zero attached hydrogens (tertiary/aromatic N) is 2. The van der Waals surface area contributed by atoms with Crippen LogP contribution in [0.1, 0.15) is 48.5 Å². The van der Waals surface area contributed by atoms with Crippen LogP contribution in [-0.4, -0.2) is 78.3 Å². The molecule has 4 amide bonds.